The van der Waals surface area contributed by atoms with Crippen LogP contribution in [0.4, 0.5) is 0 Å². The minimum Gasteiger partial charge on any atom is -0.465 e. The molecule has 1 rings (SSSR count). The van der Waals surface area contributed by atoms with Crippen LogP contribution in [0.2, 0.25) is 0 Å². The van der Waals surface area contributed by atoms with Crippen molar-refractivity contribution in [2.75, 3.05) is 19.7 Å². The van der Waals surface area contributed by atoms with Gasteiger partial charge in [0.05, 0.1) is 19.7 Å². The predicted molar refractivity (Wildman–Crippen MR) is 73.8 cm³/mol. The topological polar surface area (TPSA) is 46.6 Å². The van der Waals surface area contributed by atoms with Crippen LogP contribution in [0.1, 0.15) is 25.0 Å². The second-order valence-electron chi connectivity index (χ2n) is 4.64. The van der Waals surface area contributed by atoms with E-state index in [0.29, 0.717) is 13.2 Å². The van der Waals surface area contributed by atoms with Gasteiger partial charge in [0, 0.05) is 6.54 Å². The number of carbonyl (C=O) groups excluding carboxylic acids is 2. The number of rotatable bonds is 7. The SMILES string of the molecule is CCOC(=O)CN(CC(C)=O)Cc1ccc(C)cc1. The molecule has 19 heavy (non-hydrogen) atoms. The monoisotopic (exact) mass is 263 g/mol. The van der Waals surface area contributed by atoms with Crippen LogP contribution in [0.25, 0.3) is 0 Å². The Morgan fingerprint density at radius 1 is 1.16 bits per heavy atom. The van der Waals surface area contributed by atoms with E-state index in [0.717, 1.165) is 5.56 Å². The molecule has 104 valence electrons. The van der Waals surface area contributed by atoms with Crippen molar-refractivity contribution in [2.45, 2.75) is 27.3 Å². The summed E-state index contributed by atoms with van der Waals surface area (Å²) in [5.74, 6) is -0.257. The largest absolute Gasteiger partial charge is 0.465 e. The fourth-order valence-corrected chi connectivity index (χ4v) is 1.82. The lowest BCUT2D eigenvalue weighted by Crippen LogP contribution is -2.34. The zero-order valence-corrected chi connectivity index (χ0v) is 11.8. The van der Waals surface area contributed by atoms with Gasteiger partial charge in [0.2, 0.25) is 0 Å². The van der Waals surface area contributed by atoms with Crippen LogP contribution in [0.5, 0.6) is 0 Å². The molecular weight excluding hydrogens is 242 g/mol. The molecule has 0 aliphatic carbocycles. The molecule has 0 saturated carbocycles. The maximum atomic E-state index is 11.5. The summed E-state index contributed by atoms with van der Waals surface area (Å²) < 4.78 is 4.92. The summed E-state index contributed by atoms with van der Waals surface area (Å²) >= 11 is 0. The molecule has 1 aromatic carbocycles. The van der Waals surface area contributed by atoms with Crippen molar-refractivity contribution in [3.05, 3.63) is 35.4 Å². The molecule has 0 fully saturated rings. The van der Waals surface area contributed by atoms with Crippen LogP contribution in [-0.2, 0) is 20.9 Å². The van der Waals surface area contributed by atoms with E-state index in [9.17, 15) is 9.59 Å². The van der Waals surface area contributed by atoms with Crippen molar-refractivity contribution in [2.24, 2.45) is 0 Å². The van der Waals surface area contributed by atoms with Gasteiger partial charge in [-0.3, -0.25) is 14.5 Å². The molecule has 0 aliphatic heterocycles. The van der Waals surface area contributed by atoms with Crippen LogP contribution in [-0.4, -0.2) is 36.3 Å². The fourth-order valence-electron chi connectivity index (χ4n) is 1.82. The molecule has 0 aliphatic rings. The van der Waals surface area contributed by atoms with Crippen molar-refractivity contribution >= 4 is 11.8 Å². The van der Waals surface area contributed by atoms with E-state index >= 15 is 0 Å². The number of nitrogens with zero attached hydrogens (tertiary/aromatic N) is 1. The maximum absolute atomic E-state index is 11.5. The highest BCUT2D eigenvalue weighted by Gasteiger charge is 2.13. The van der Waals surface area contributed by atoms with Crippen molar-refractivity contribution in [1.29, 1.82) is 0 Å². The Morgan fingerprint density at radius 2 is 1.79 bits per heavy atom. The summed E-state index contributed by atoms with van der Waals surface area (Å²) in [5.41, 5.74) is 2.27. The Hall–Kier alpha value is -1.68. The Bertz CT molecular complexity index is 426. The highest BCUT2D eigenvalue weighted by atomic mass is 16.5. The first-order chi connectivity index (χ1) is 9.01. The quantitative estimate of drug-likeness (QED) is 0.705. The molecule has 0 atom stereocenters. The third-order valence-electron chi connectivity index (χ3n) is 2.63. The summed E-state index contributed by atoms with van der Waals surface area (Å²) in [7, 11) is 0. The first-order valence-corrected chi connectivity index (χ1v) is 6.44. The Morgan fingerprint density at radius 3 is 2.32 bits per heavy atom. The summed E-state index contributed by atoms with van der Waals surface area (Å²) in [5, 5.41) is 0. The number of carbonyl (C=O) groups is 2. The molecule has 4 nitrogen and oxygen atoms in total. The lowest BCUT2D eigenvalue weighted by Gasteiger charge is -2.20. The van der Waals surface area contributed by atoms with Gasteiger partial charge in [0.15, 0.2) is 0 Å². The van der Waals surface area contributed by atoms with Gasteiger partial charge in [-0.1, -0.05) is 29.8 Å². The average molecular weight is 263 g/mol. The van der Waals surface area contributed by atoms with Gasteiger partial charge in [-0.2, -0.15) is 0 Å². The Kier molecular flexibility index (Phi) is 6.22. The predicted octanol–water partition coefficient (Wildman–Crippen LogP) is 1.95. The Balaban J connectivity index is 2.65. The number of hydrogen-bond donors (Lipinski definition) is 0. The van der Waals surface area contributed by atoms with Crippen molar-refractivity contribution < 1.29 is 14.3 Å². The van der Waals surface area contributed by atoms with E-state index in [2.05, 4.69) is 0 Å². The number of ether oxygens (including phenoxy) is 1. The standard InChI is InChI=1S/C15H21NO3/c1-4-19-15(18)11-16(9-13(3)17)10-14-7-5-12(2)6-8-14/h5-8H,4,9-11H2,1-3H3. The third-order valence-corrected chi connectivity index (χ3v) is 2.63. The summed E-state index contributed by atoms with van der Waals surface area (Å²) in [6.07, 6.45) is 0. The summed E-state index contributed by atoms with van der Waals surface area (Å²) in [4.78, 5) is 24.5. The van der Waals surface area contributed by atoms with Crippen LogP contribution in [0.3, 0.4) is 0 Å². The number of esters is 1. The van der Waals surface area contributed by atoms with Gasteiger partial charge in [0.25, 0.3) is 0 Å². The molecule has 4 heteroatoms. The lowest BCUT2D eigenvalue weighted by atomic mass is 10.1. The van der Waals surface area contributed by atoms with Gasteiger partial charge in [-0.15, -0.1) is 0 Å². The number of ketones is 1. The first-order valence-electron chi connectivity index (χ1n) is 6.44. The van der Waals surface area contributed by atoms with E-state index in [1.807, 2.05) is 31.2 Å². The molecule has 0 radical (unpaired) electrons. The van der Waals surface area contributed by atoms with Gasteiger partial charge in [0.1, 0.15) is 5.78 Å². The molecule has 0 spiro atoms. The van der Waals surface area contributed by atoms with Crippen molar-refractivity contribution in [3.8, 4) is 0 Å². The molecule has 0 saturated heterocycles. The second kappa shape index (κ2) is 7.69. The molecule has 0 heterocycles. The molecular formula is C15H21NO3. The molecule has 0 amide bonds. The molecule has 0 N–H and O–H groups in total. The van der Waals surface area contributed by atoms with Gasteiger partial charge in [-0.25, -0.2) is 0 Å². The number of hydrogen-bond acceptors (Lipinski definition) is 4. The first kappa shape index (κ1) is 15.4. The lowest BCUT2D eigenvalue weighted by molar-refractivity contribution is -0.144. The summed E-state index contributed by atoms with van der Waals surface area (Å²) in [6, 6.07) is 8.05. The number of aryl methyl sites for hydroxylation is 1. The van der Waals surface area contributed by atoms with E-state index in [1.165, 1.54) is 12.5 Å². The summed E-state index contributed by atoms with van der Waals surface area (Å²) in [6.45, 7) is 6.64. The minimum atomic E-state index is -0.295. The highest BCUT2D eigenvalue weighted by molar-refractivity contribution is 5.79. The van der Waals surface area contributed by atoms with Crippen molar-refractivity contribution in [3.63, 3.8) is 0 Å². The normalized spacial score (nSPS) is 10.5. The fraction of sp³-hybridized carbons (Fsp3) is 0.467. The van der Waals surface area contributed by atoms with Gasteiger partial charge in [-0.05, 0) is 26.3 Å². The Labute approximate surface area is 114 Å². The second-order valence-corrected chi connectivity index (χ2v) is 4.64. The minimum absolute atomic E-state index is 0.0383. The van der Waals surface area contributed by atoms with Crippen LogP contribution in [0, 0.1) is 6.92 Å². The molecule has 0 aromatic heterocycles. The van der Waals surface area contributed by atoms with Crippen LogP contribution >= 0.6 is 0 Å². The van der Waals surface area contributed by atoms with E-state index < -0.39 is 0 Å². The molecule has 1 aromatic rings. The molecule has 0 bridgehead atoms. The van der Waals surface area contributed by atoms with Gasteiger partial charge >= 0.3 is 5.97 Å². The smallest absolute Gasteiger partial charge is 0.320 e. The number of benzene rings is 1. The molecule has 0 unspecified atom stereocenters. The zero-order chi connectivity index (χ0) is 14.3. The average Bonchev–Trinajstić information content (AvgIpc) is 2.31. The zero-order valence-electron chi connectivity index (χ0n) is 11.8. The van der Waals surface area contributed by atoms with Crippen LogP contribution in [0.15, 0.2) is 24.3 Å². The van der Waals surface area contributed by atoms with Crippen LogP contribution < -0.4 is 0 Å². The van der Waals surface area contributed by atoms with Crippen molar-refractivity contribution in [1.82, 2.24) is 4.90 Å². The number of Topliss-reactive ketones (excluding diaryl/α,β-unsaturated/α-hetero) is 1. The van der Waals surface area contributed by atoms with E-state index in [4.69, 9.17) is 4.74 Å². The van der Waals surface area contributed by atoms with Gasteiger partial charge < -0.3 is 4.74 Å². The third kappa shape index (κ3) is 6.15. The van der Waals surface area contributed by atoms with E-state index in [-0.39, 0.29) is 24.8 Å². The maximum Gasteiger partial charge on any atom is 0.320 e. The van der Waals surface area contributed by atoms with E-state index in [1.54, 1.807) is 11.8 Å². The highest BCUT2D eigenvalue weighted by Crippen LogP contribution is 2.07.